The average Bonchev–Trinajstić information content (AvgIpc) is 3.03. The lowest BCUT2D eigenvalue weighted by atomic mass is 9.69. The molecule has 94 valence electrons. The summed E-state index contributed by atoms with van der Waals surface area (Å²) in [5.41, 5.74) is -0.741. The van der Waals surface area contributed by atoms with Crippen LogP contribution in [0.4, 0.5) is 0 Å². The van der Waals surface area contributed by atoms with E-state index in [4.69, 9.17) is 4.42 Å². The molecule has 0 N–H and O–H groups in total. The topological polar surface area (TPSA) is 57.2 Å². The van der Waals surface area contributed by atoms with Crippen LogP contribution in [0, 0.1) is 16.7 Å². The molecule has 1 aromatic heterocycles. The van der Waals surface area contributed by atoms with Crippen LogP contribution < -0.4 is 0 Å². The number of rotatable bonds is 4. The third-order valence-electron chi connectivity index (χ3n) is 3.99. The predicted molar refractivity (Wildman–Crippen MR) is 64.2 cm³/mol. The molecule has 2 saturated carbocycles. The summed E-state index contributed by atoms with van der Waals surface area (Å²) >= 11 is 0. The van der Waals surface area contributed by atoms with E-state index in [1.807, 2.05) is 17.0 Å². The quantitative estimate of drug-likeness (QED) is 0.817. The van der Waals surface area contributed by atoms with Gasteiger partial charge in [0.1, 0.15) is 11.2 Å². The van der Waals surface area contributed by atoms with Crippen molar-refractivity contribution < 1.29 is 9.21 Å². The Balaban J connectivity index is 1.78. The molecule has 2 fully saturated rings. The second-order valence-electron chi connectivity index (χ2n) is 5.29. The summed E-state index contributed by atoms with van der Waals surface area (Å²) in [5, 5.41) is 9.26. The first-order chi connectivity index (χ1) is 8.75. The van der Waals surface area contributed by atoms with Gasteiger partial charge in [-0.25, -0.2) is 0 Å². The van der Waals surface area contributed by atoms with Crippen LogP contribution in [0.1, 0.15) is 37.9 Å². The molecule has 0 aliphatic heterocycles. The lowest BCUT2D eigenvalue weighted by molar-refractivity contribution is -0.144. The van der Waals surface area contributed by atoms with Gasteiger partial charge in [-0.2, -0.15) is 5.26 Å². The summed E-state index contributed by atoms with van der Waals surface area (Å²) in [6.07, 6.45) is 6.13. The Kier molecular flexibility index (Phi) is 2.62. The smallest absolute Gasteiger partial charge is 0.243 e. The van der Waals surface area contributed by atoms with Gasteiger partial charge in [-0.3, -0.25) is 4.79 Å². The maximum Gasteiger partial charge on any atom is 0.243 e. The minimum atomic E-state index is -0.741. The molecule has 0 radical (unpaired) electrons. The molecular weight excluding hydrogens is 228 g/mol. The fourth-order valence-electron chi connectivity index (χ4n) is 2.50. The predicted octanol–water partition coefficient (Wildman–Crippen LogP) is 2.46. The molecule has 0 aromatic carbocycles. The number of carbonyl (C=O) groups excluding carboxylic acids is 1. The monoisotopic (exact) mass is 244 g/mol. The first-order valence-corrected chi connectivity index (χ1v) is 6.50. The van der Waals surface area contributed by atoms with Gasteiger partial charge in [0.15, 0.2) is 0 Å². The van der Waals surface area contributed by atoms with Crippen LogP contribution in [0.2, 0.25) is 0 Å². The van der Waals surface area contributed by atoms with Gasteiger partial charge < -0.3 is 9.32 Å². The molecule has 0 bridgehead atoms. The van der Waals surface area contributed by atoms with E-state index in [0.717, 1.165) is 25.0 Å². The third kappa shape index (κ3) is 1.80. The Hall–Kier alpha value is -1.76. The van der Waals surface area contributed by atoms with Crippen molar-refractivity contribution in [2.75, 3.05) is 0 Å². The van der Waals surface area contributed by atoms with Gasteiger partial charge in [-0.15, -0.1) is 0 Å². The number of hydrogen-bond acceptors (Lipinski definition) is 3. The van der Waals surface area contributed by atoms with Crippen LogP contribution in [0.15, 0.2) is 22.8 Å². The Morgan fingerprint density at radius 1 is 1.56 bits per heavy atom. The van der Waals surface area contributed by atoms with E-state index >= 15 is 0 Å². The van der Waals surface area contributed by atoms with Gasteiger partial charge in [0.05, 0.1) is 18.9 Å². The highest BCUT2D eigenvalue weighted by Gasteiger charge is 2.49. The number of furan rings is 1. The van der Waals surface area contributed by atoms with Gasteiger partial charge in [-0.05, 0) is 44.2 Å². The van der Waals surface area contributed by atoms with Gasteiger partial charge >= 0.3 is 0 Å². The first-order valence-electron chi connectivity index (χ1n) is 6.50. The molecule has 0 unspecified atom stereocenters. The van der Waals surface area contributed by atoms with Crippen molar-refractivity contribution in [1.82, 2.24) is 4.90 Å². The molecule has 1 amide bonds. The molecule has 4 heteroatoms. The zero-order valence-electron chi connectivity index (χ0n) is 10.3. The molecule has 18 heavy (non-hydrogen) atoms. The zero-order chi connectivity index (χ0) is 12.6. The van der Waals surface area contributed by atoms with Crippen molar-refractivity contribution >= 4 is 5.91 Å². The summed E-state index contributed by atoms with van der Waals surface area (Å²) in [6, 6.07) is 6.25. The third-order valence-corrected chi connectivity index (χ3v) is 3.99. The zero-order valence-corrected chi connectivity index (χ0v) is 10.3. The Morgan fingerprint density at radius 2 is 2.33 bits per heavy atom. The van der Waals surface area contributed by atoms with E-state index in [1.165, 1.54) is 0 Å². The van der Waals surface area contributed by atoms with E-state index < -0.39 is 5.41 Å². The summed E-state index contributed by atoms with van der Waals surface area (Å²) in [5.74, 6) is 0.804. The van der Waals surface area contributed by atoms with Crippen molar-refractivity contribution in [3.05, 3.63) is 24.2 Å². The van der Waals surface area contributed by atoms with Gasteiger partial charge in [0.2, 0.25) is 5.91 Å². The van der Waals surface area contributed by atoms with Crippen LogP contribution in [-0.4, -0.2) is 16.8 Å². The normalized spacial score (nSPS) is 20.8. The van der Waals surface area contributed by atoms with Crippen LogP contribution in [0.25, 0.3) is 0 Å². The van der Waals surface area contributed by atoms with Crippen molar-refractivity contribution in [1.29, 1.82) is 5.26 Å². The van der Waals surface area contributed by atoms with Crippen molar-refractivity contribution in [2.45, 2.75) is 44.7 Å². The van der Waals surface area contributed by atoms with Gasteiger partial charge in [0, 0.05) is 6.04 Å². The molecule has 2 aliphatic rings. The number of nitrogens with zero attached hydrogens (tertiary/aromatic N) is 2. The summed E-state index contributed by atoms with van der Waals surface area (Å²) < 4.78 is 5.31. The average molecular weight is 244 g/mol. The first kappa shape index (κ1) is 11.3. The Morgan fingerprint density at radius 3 is 2.78 bits per heavy atom. The molecule has 1 aromatic rings. The number of nitriles is 1. The standard InChI is InChI=1S/C14H16N2O2/c15-10-14(6-2-7-14)13(17)16(11-4-5-11)9-12-3-1-8-18-12/h1,3,8,11H,2,4-7,9H2. The maximum absolute atomic E-state index is 12.5. The molecular formula is C14H16N2O2. The highest BCUT2D eigenvalue weighted by Crippen LogP contribution is 2.44. The number of carbonyl (C=O) groups is 1. The maximum atomic E-state index is 12.5. The van der Waals surface area contributed by atoms with Gasteiger partial charge in [0.25, 0.3) is 0 Å². The summed E-state index contributed by atoms with van der Waals surface area (Å²) in [6.45, 7) is 0.500. The van der Waals surface area contributed by atoms with Crippen molar-refractivity contribution in [3.8, 4) is 6.07 Å². The highest BCUT2D eigenvalue weighted by molar-refractivity contribution is 5.86. The van der Waals surface area contributed by atoms with E-state index in [1.54, 1.807) is 6.26 Å². The molecule has 0 spiro atoms. The minimum Gasteiger partial charge on any atom is -0.467 e. The molecule has 2 aliphatic carbocycles. The largest absolute Gasteiger partial charge is 0.467 e. The Bertz CT molecular complexity index is 478. The summed E-state index contributed by atoms with van der Waals surface area (Å²) in [4.78, 5) is 14.4. The number of hydrogen-bond donors (Lipinski definition) is 0. The molecule has 3 rings (SSSR count). The van der Waals surface area contributed by atoms with Crippen LogP contribution >= 0.6 is 0 Å². The minimum absolute atomic E-state index is 0.00940. The van der Waals surface area contributed by atoms with E-state index in [9.17, 15) is 10.1 Å². The molecule has 1 heterocycles. The summed E-state index contributed by atoms with van der Waals surface area (Å²) in [7, 11) is 0. The van der Waals surface area contributed by atoms with Crippen LogP contribution in [0.5, 0.6) is 0 Å². The molecule has 0 atom stereocenters. The number of amides is 1. The van der Waals surface area contributed by atoms with Gasteiger partial charge in [-0.1, -0.05) is 0 Å². The second kappa shape index (κ2) is 4.16. The Labute approximate surface area is 106 Å². The van der Waals surface area contributed by atoms with E-state index in [-0.39, 0.29) is 5.91 Å². The lowest BCUT2D eigenvalue weighted by Gasteiger charge is -2.38. The van der Waals surface area contributed by atoms with E-state index in [0.29, 0.717) is 25.4 Å². The molecule has 0 saturated heterocycles. The fraction of sp³-hybridized carbons (Fsp3) is 0.571. The molecule has 4 nitrogen and oxygen atoms in total. The van der Waals surface area contributed by atoms with E-state index in [2.05, 4.69) is 6.07 Å². The van der Waals surface area contributed by atoms with Crippen molar-refractivity contribution in [3.63, 3.8) is 0 Å². The van der Waals surface area contributed by atoms with Crippen LogP contribution in [0.3, 0.4) is 0 Å². The second-order valence-corrected chi connectivity index (χ2v) is 5.29. The highest BCUT2D eigenvalue weighted by atomic mass is 16.3. The van der Waals surface area contributed by atoms with Crippen molar-refractivity contribution in [2.24, 2.45) is 5.41 Å². The lowest BCUT2D eigenvalue weighted by Crippen LogP contribution is -2.47. The van der Waals surface area contributed by atoms with Crippen LogP contribution in [-0.2, 0) is 11.3 Å². The SMILES string of the molecule is N#CC1(C(=O)N(Cc2ccco2)C2CC2)CCC1. The fourth-order valence-corrected chi connectivity index (χ4v) is 2.50.